The maximum atomic E-state index is 5.54. The summed E-state index contributed by atoms with van der Waals surface area (Å²) in [6, 6.07) is 3.70. The summed E-state index contributed by atoms with van der Waals surface area (Å²) in [6.45, 7) is 2.43. The minimum absolute atomic E-state index is 0.0833. The first-order valence-electron chi connectivity index (χ1n) is 4.87. The van der Waals surface area contributed by atoms with Gasteiger partial charge in [-0.05, 0) is 28.1 Å². The molecule has 5 nitrogen and oxygen atoms in total. The Labute approximate surface area is 101 Å². The molecule has 2 aromatic heterocycles. The van der Waals surface area contributed by atoms with Crippen molar-refractivity contribution in [3.8, 4) is 11.6 Å². The van der Waals surface area contributed by atoms with Crippen LogP contribution in [0.4, 0.5) is 0 Å². The average molecular weight is 283 g/mol. The number of nitrogens with two attached hydrogens (primary N) is 1. The van der Waals surface area contributed by atoms with Crippen molar-refractivity contribution >= 4 is 15.9 Å². The van der Waals surface area contributed by atoms with Crippen LogP contribution in [0.5, 0.6) is 0 Å². The van der Waals surface area contributed by atoms with Gasteiger partial charge in [0.05, 0.1) is 0 Å². The molecule has 0 saturated carbocycles. The quantitative estimate of drug-likeness (QED) is 0.931. The number of rotatable bonds is 3. The van der Waals surface area contributed by atoms with Crippen LogP contribution in [-0.2, 0) is 0 Å². The molecule has 0 saturated heterocycles. The molecule has 2 heterocycles. The lowest BCUT2D eigenvalue weighted by molar-refractivity contribution is 0.416. The standard InChI is InChI=1S/C10H11BrN4O/c1-6(5-12)9-14-10(16-15-9)8-7(11)3-2-4-13-8/h2-4,6H,5,12H2,1H3. The maximum Gasteiger partial charge on any atom is 0.277 e. The van der Waals surface area contributed by atoms with Crippen LogP contribution in [-0.4, -0.2) is 21.7 Å². The van der Waals surface area contributed by atoms with E-state index in [1.54, 1.807) is 6.20 Å². The van der Waals surface area contributed by atoms with Crippen LogP contribution >= 0.6 is 15.9 Å². The van der Waals surface area contributed by atoms with Gasteiger partial charge in [0.15, 0.2) is 5.82 Å². The Morgan fingerprint density at radius 3 is 3.06 bits per heavy atom. The lowest BCUT2D eigenvalue weighted by atomic mass is 10.2. The summed E-state index contributed by atoms with van der Waals surface area (Å²) in [5.41, 5.74) is 6.18. The molecule has 2 aromatic rings. The fourth-order valence-electron chi connectivity index (χ4n) is 1.18. The molecule has 0 bridgehead atoms. The summed E-state index contributed by atoms with van der Waals surface area (Å²) >= 11 is 3.38. The Kier molecular flexibility index (Phi) is 3.31. The second kappa shape index (κ2) is 4.71. The molecular weight excluding hydrogens is 272 g/mol. The van der Waals surface area contributed by atoms with E-state index in [1.807, 2.05) is 19.1 Å². The molecule has 0 amide bonds. The topological polar surface area (TPSA) is 77.8 Å². The summed E-state index contributed by atoms with van der Waals surface area (Å²) < 4.78 is 5.97. The van der Waals surface area contributed by atoms with E-state index in [2.05, 4.69) is 31.1 Å². The van der Waals surface area contributed by atoms with Gasteiger partial charge < -0.3 is 10.3 Å². The Balaban J connectivity index is 2.35. The van der Waals surface area contributed by atoms with Gasteiger partial charge in [-0.1, -0.05) is 12.1 Å². The van der Waals surface area contributed by atoms with Crippen molar-refractivity contribution in [3.63, 3.8) is 0 Å². The minimum Gasteiger partial charge on any atom is -0.332 e. The summed E-state index contributed by atoms with van der Waals surface area (Å²) in [4.78, 5) is 8.43. The Morgan fingerprint density at radius 1 is 1.56 bits per heavy atom. The first kappa shape index (κ1) is 11.2. The van der Waals surface area contributed by atoms with E-state index in [4.69, 9.17) is 10.3 Å². The number of hydrogen-bond donors (Lipinski definition) is 1. The summed E-state index contributed by atoms with van der Waals surface area (Å²) in [6.07, 6.45) is 1.68. The Bertz CT molecular complexity index is 485. The molecule has 2 rings (SSSR count). The van der Waals surface area contributed by atoms with Crippen molar-refractivity contribution in [1.82, 2.24) is 15.1 Å². The van der Waals surface area contributed by atoms with E-state index < -0.39 is 0 Å². The first-order chi connectivity index (χ1) is 7.72. The molecule has 1 unspecified atom stereocenters. The van der Waals surface area contributed by atoms with Crippen LogP contribution in [0.2, 0.25) is 0 Å². The van der Waals surface area contributed by atoms with Gasteiger partial charge in [0.25, 0.3) is 5.89 Å². The average Bonchev–Trinajstić information content (AvgIpc) is 2.78. The number of nitrogens with zero attached hydrogens (tertiary/aromatic N) is 3. The molecule has 0 fully saturated rings. The van der Waals surface area contributed by atoms with Gasteiger partial charge >= 0.3 is 0 Å². The molecule has 84 valence electrons. The SMILES string of the molecule is CC(CN)c1noc(-c2ncccc2Br)n1. The van der Waals surface area contributed by atoms with E-state index in [1.165, 1.54) is 0 Å². The normalized spacial score (nSPS) is 12.7. The van der Waals surface area contributed by atoms with Gasteiger partial charge in [-0.3, -0.25) is 0 Å². The zero-order valence-corrected chi connectivity index (χ0v) is 10.3. The second-order valence-corrected chi connectivity index (χ2v) is 4.28. The van der Waals surface area contributed by atoms with Crippen molar-refractivity contribution in [2.24, 2.45) is 5.73 Å². The van der Waals surface area contributed by atoms with Crippen LogP contribution in [0, 0.1) is 0 Å². The third-order valence-electron chi connectivity index (χ3n) is 2.20. The predicted molar refractivity (Wildman–Crippen MR) is 62.7 cm³/mol. The van der Waals surface area contributed by atoms with Crippen molar-refractivity contribution in [2.75, 3.05) is 6.54 Å². The fourth-order valence-corrected chi connectivity index (χ4v) is 1.60. The Morgan fingerprint density at radius 2 is 2.38 bits per heavy atom. The minimum atomic E-state index is 0.0833. The molecule has 6 heteroatoms. The van der Waals surface area contributed by atoms with Crippen molar-refractivity contribution in [2.45, 2.75) is 12.8 Å². The highest BCUT2D eigenvalue weighted by atomic mass is 79.9. The highest BCUT2D eigenvalue weighted by molar-refractivity contribution is 9.10. The van der Waals surface area contributed by atoms with E-state index in [0.29, 0.717) is 24.0 Å². The summed E-state index contributed by atoms with van der Waals surface area (Å²) in [5.74, 6) is 1.10. The third-order valence-corrected chi connectivity index (χ3v) is 2.84. The zero-order chi connectivity index (χ0) is 11.5. The number of pyridine rings is 1. The van der Waals surface area contributed by atoms with Crippen LogP contribution in [0.1, 0.15) is 18.7 Å². The van der Waals surface area contributed by atoms with Crippen molar-refractivity contribution in [3.05, 3.63) is 28.6 Å². The Hall–Kier alpha value is -1.27. The number of hydrogen-bond acceptors (Lipinski definition) is 5. The molecule has 0 aliphatic carbocycles. The molecule has 0 spiro atoms. The molecule has 1 atom stereocenters. The van der Waals surface area contributed by atoms with Crippen LogP contribution in [0.15, 0.2) is 27.3 Å². The predicted octanol–water partition coefficient (Wildman–Crippen LogP) is 1.96. The second-order valence-electron chi connectivity index (χ2n) is 3.43. The fraction of sp³-hybridized carbons (Fsp3) is 0.300. The molecule has 0 aliphatic rings. The number of halogens is 1. The molecule has 16 heavy (non-hydrogen) atoms. The number of aromatic nitrogens is 3. The van der Waals surface area contributed by atoms with Crippen LogP contribution in [0.25, 0.3) is 11.6 Å². The van der Waals surface area contributed by atoms with Gasteiger partial charge in [0.1, 0.15) is 5.69 Å². The van der Waals surface area contributed by atoms with Gasteiger partial charge in [0, 0.05) is 23.1 Å². The highest BCUT2D eigenvalue weighted by Gasteiger charge is 2.15. The van der Waals surface area contributed by atoms with Crippen molar-refractivity contribution in [1.29, 1.82) is 0 Å². The molecule has 0 aromatic carbocycles. The van der Waals surface area contributed by atoms with E-state index in [-0.39, 0.29) is 5.92 Å². The highest BCUT2D eigenvalue weighted by Crippen LogP contribution is 2.24. The monoisotopic (exact) mass is 282 g/mol. The van der Waals surface area contributed by atoms with Gasteiger partial charge in [-0.15, -0.1) is 0 Å². The maximum absolute atomic E-state index is 5.54. The van der Waals surface area contributed by atoms with Gasteiger partial charge in [-0.25, -0.2) is 4.98 Å². The molecule has 2 N–H and O–H groups in total. The largest absolute Gasteiger partial charge is 0.332 e. The smallest absolute Gasteiger partial charge is 0.277 e. The molecule has 0 aliphatic heterocycles. The lowest BCUT2D eigenvalue weighted by Crippen LogP contribution is -2.10. The van der Waals surface area contributed by atoms with Crippen LogP contribution in [0.3, 0.4) is 0 Å². The first-order valence-corrected chi connectivity index (χ1v) is 5.66. The van der Waals surface area contributed by atoms with Crippen molar-refractivity contribution < 1.29 is 4.52 Å². The molecule has 0 radical (unpaired) electrons. The van der Waals surface area contributed by atoms with Crippen LogP contribution < -0.4 is 5.73 Å². The van der Waals surface area contributed by atoms with E-state index >= 15 is 0 Å². The lowest BCUT2D eigenvalue weighted by Gasteiger charge is -1.99. The van der Waals surface area contributed by atoms with Gasteiger partial charge in [-0.2, -0.15) is 4.98 Å². The van der Waals surface area contributed by atoms with Gasteiger partial charge in [0.2, 0.25) is 0 Å². The van der Waals surface area contributed by atoms with E-state index in [9.17, 15) is 0 Å². The summed E-state index contributed by atoms with van der Waals surface area (Å²) in [7, 11) is 0. The zero-order valence-electron chi connectivity index (χ0n) is 8.72. The summed E-state index contributed by atoms with van der Waals surface area (Å²) in [5, 5.41) is 3.88. The third kappa shape index (κ3) is 2.12. The van der Waals surface area contributed by atoms with E-state index in [0.717, 1.165) is 4.47 Å². The molecular formula is C10H11BrN4O.